The van der Waals surface area contributed by atoms with E-state index in [2.05, 4.69) is 10.3 Å². The molecule has 5 heteroatoms. The van der Waals surface area contributed by atoms with Crippen molar-refractivity contribution in [3.63, 3.8) is 0 Å². The molecule has 0 aliphatic rings. The SMILES string of the molecule is CC[C@@H](C)[C@@H](NC(=O)c1ccccn1)C(N)=O. The summed E-state index contributed by atoms with van der Waals surface area (Å²) in [5.74, 6) is -0.904. The molecule has 1 heterocycles. The maximum Gasteiger partial charge on any atom is 0.270 e. The first kappa shape index (κ1) is 13.2. The Balaban J connectivity index is 2.75. The highest BCUT2D eigenvalue weighted by Gasteiger charge is 2.24. The quantitative estimate of drug-likeness (QED) is 0.788. The molecule has 0 saturated heterocycles. The lowest BCUT2D eigenvalue weighted by atomic mass is 9.98. The van der Waals surface area contributed by atoms with E-state index in [1.807, 2.05) is 13.8 Å². The predicted molar refractivity (Wildman–Crippen MR) is 64.1 cm³/mol. The lowest BCUT2D eigenvalue weighted by molar-refractivity contribution is -0.120. The van der Waals surface area contributed by atoms with Gasteiger partial charge in [0.1, 0.15) is 11.7 Å². The van der Waals surface area contributed by atoms with E-state index in [9.17, 15) is 9.59 Å². The molecule has 0 unspecified atom stereocenters. The van der Waals surface area contributed by atoms with Crippen LogP contribution in [0, 0.1) is 5.92 Å². The minimum Gasteiger partial charge on any atom is -0.368 e. The van der Waals surface area contributed by atoms with Gasteiger partial charge in [0, 0.05) is 6.20 Å². The Hall–Kier alpha value is -1.91. The molecule has 0 aliphatic carbocycles. The van der Waals surface area contributed by atoms with E-state index in [0.29, 0.717) is 0 Å². The number of amides is 2. The van der Waals surface area contributed by atoms with Gasteiger partial charge >= 0.3 is 0 Å². The summed E-state index contributed by atoms with van der Waals surface area (Å²) in [5.41, 5.74) is 5.55. The van der Waals surface area contributed by atoms with Crippen molar-refractivity contribution >= 4 is 11.8 Å². The predicted octanol–water partition coefficient (Wildman–Crippen LogP) is 0.711. The van der Waals surface area contributed by atoms with Gasteiger partial charge in [0.2, 0.25) is 5.91 Å². The van der Waals surface area contributed by atoms with Crippen molar-refractivity contribution < 1.29 is 9.59 Å². The molecule has 1 aromatic heterocycles. The molecule has 17 heavy (non-hydrogen) atoms. The molecule has 0 spiro atoms. The van der Waals surface area contributed by atoms with Gasteiger partial charge in [-0.3, -0.25) is 14.6 Å². The van der Waals surface area contributed by atoms with Crippen LogP contribution in [0.2, 0.25) is 0 Å². The first-order valence-electron chi connectivity index (χ1n) is 5.57. The van der Waals surface area contributed by atoms with Crippen LogP contribution >= 0.6 is 0 Å². The molecule has 92 valence electrons. The van der Waals surface area contributed by atoms with Gasteiger partial charge in [-0.25, -0.2) is 0 Å². The highest BCUT2D eigenvalue weighted by Crippen LogP contribution is 2.08. The van der Waals surface area contributed by atoms with E-state index >= 15 is 0 Å². The molecule has 0 aromatic carbocycles. The number of nitrogens with one attached hydrogen (secondary N) is 1. The third-order valence-electron chi connectivity index (χ3n) is 2.70. The summed E-state index contributed by atoms with van der Waals surface area (Å²) in [7, 11) is 0. The maximum absolute atomic E-state index is 11.8. The van der Waals surface area contributed by atoms with E-state index in [-0.39, 0.29) is 17.5 Å². The number of carbonyl (C=O) groups excluding carboxylic acids is 2. The van der Waals surface area contributed by atoms with Crippen LogP contribution in [0.5, 0.6) is 0 Å². The Labute approximate surface area is 100 Å². The van der Waals surface area contributed by atoms with Gasteiger partial charge in [-0.2, -0.15) is 0 Å². The fourth-order valence-corrected chi connectivity index (χ4v) is 1.44. The average molecular weight is 235 g/mol. The minimum absolute atomic E-state index is 0.000150. The monoisotopic (exact) mass is 235 g/mol. The number of aromatic nitrogens is 1. The summed E-state index contributed by atoms with van der Waals surface area (Å²) < 4.78 is 0. The number of primary amides is 1. The van der Waals surface area contributed by atoms with E-state index in [1.165, 1.54) is 6.20 Å². The lowest BCUT2D eigenvalue weighted by Gasteiger charge is -2.20. The highest BCUT2D eigenvalue weighted by atomic mass is 16.2. The standard InChI is InChI=1S/C12H17N3O2/c1-3-8(2)10(11(13)16)15-12(17)9-6-4-5-7-14-9/h4-8,10H,3H2,1-2H3,(H2,13,16)(H,15,17)/t8-,10-/m1/s1. The number of nitrogens with two attached hydrogens (primary N) is 1. The molecule has 1 rings (SSSR count). The summed E-state index contributed by atoms with van der Waals surface area (Å²) in [6.45, 7) is 3.81. The van der Waals surface area contributed by atoms with Gasteiger partial charge in [0.05, 0.1) is 0 Å². The number of pyridine rings is 1. The van der Waals surface area contributed by atoms with Crippen molar-refractivity contribution in [2.75, 3.05) is 0 Å². The summed E-state index contributed by atoms with van der Waals surface area (Å²) in [6.07, 6.45) is 2.29. The second-order valence-corrected chi connectivity index (χ2v) is 3.95. The van der Waals surface area contributed by atoms with E-state index < -0.39 is 11.9 Å². The van der Waals surface area contributed by atoms with Crippen molar-refractivity contribution in [3.8, 4) is 0 Å². The topological polar surface area (TPSA) is 85.1 Å². The number of hydrogen-bond acceptors (Lipinski definition) is 3. The van der Waals surface area contributed by atoms with Crippen LogP contribution in [0.25, 0.3) is 0 Å². The Morgan fingerprint density at radius 3 is 2.65 bits per heavy atom. The fraction of sp³-hybridized carbons (Fsp3) is 0.417. The second-order valence-electron chi connectivity index (χ2n) is 3.95. The van der Waals surface area contributed by atoms with Gasteiger partial charge in [-0.15, -0.1) is 0 Å². The Morgan fingerprint density at radius 2 is 2.18 bits per heavy atom. The Kier molecular flexibility index (Phi) is 4.63. The summed E-state index contributed by atoms with van der Waals surface area (Å²) in [5, 5.41) is 2.61. The van der Waals surface area contributed by atoms with Gasteiger partial charge in [-0.05, 0) is 18.1 Å². The zero-order valence-corrected chi connectivity index (χ0v) is 10.0. The first-order chi connectivity index (χ1) is 8.06. The van der Waals surface area contributed by atoms with Crippen molar-refractivity contribution in [2.24, 2.45) is 11.7 Å². The van der Waals surface area contributed by atoms with Crippen LogP contribution < -0.4 is 11.1 Å². The minimum atomic E-state index is -0.658. The average Bonchev–Trinajstić information content (AvgIpc) is 2.35. The van der Waals surface area contributed by atoms with E-state index in [4.69, 9.17) is 5.73 Å². The molecular formula is C12H17N3O2. The first-order valence-corrected chi connectivity index (χ1v) is 5.57. The molecule has 0 radical (unpaired) electrons. The molecule has 0 saturated carbocycles. The van der Waals surface area contributed by atoms with Crippen molar-refractivity contribution in [2.45, 2.75) is 26.3 Å². The number of rotatable bonds is 5. The van der Waals surface area contributed by atoms with Crippen molar-refractivity contribution in [1.29, 1.82) is 0 Å². The molecule has 1 aromatic rings. The fourth-order valence-electron chi connectivity index (χ4n) is 1.44. The molecule has 3 N–H and O–H groups in total. The Bertz CT molecular complexity index is 392. The smallest absolute Gasteiger partial charge is 0.270 e. The van der Waals surface area contributed by atoms with Crippen LogP contribution in [0.3, 0.4) is 0 Å². The zero-order chi connectivity index (χ0) is 12.8. The molecule has 5 nitrogen and oxygen atoms in total. The van der Waals surface area contributed by atoms with Crippen molar-refractivity contribution in [3.05, 3.63) is 30.1 Å². The van der Waals surface area contributed by atoms with E-state index in [0.717, 1.165) is 6.42 Å². The third-order valence-corrected chi connectivity index (χ3v) is 2.70. The normalized spacial score (nSPS) is 13.8. The molecule has 2 atom stereocenters. The number of nitrogens with zero attached hydrogens (tertiary/aromatic N) is 1. The second kappa shape index (κ2) is 5.98. The molecule has 0 aliphatic heterocycles. The van der Waals surface area contributed by atoms with Gasteiger partial charge in [0.25, 0.3) is 5.91 Å². The van der Waals surface area contributed by atoms with Crippen LogP contribution in [0.1, 0.15) is 30.8 Å². The highest BCUT2D eigenvalue weighted by molar-refractivity contribution is 5.95. The summed E-state index contributed by atoms with van der Waals surface area (Å²) in [4.78, 5) is 27.0. The van der Waals surface area contributed by atoms with Crippen molar-refractivity contribution in [1.82, 2.24) is 10.3 Å². The molecule has 0 fully saturated rings. The lowest BCUT2D eigenvalue weighted by Crippen LogP contribution is -2.48. The molecular weight excluding hydrogens is 218 g/mol. The van der Waals surface area contributed by atoms with Crippen LogP contribution in [-0.2, 0) is 4.79 Å². The third kappa shape index (κ3) is 3.55. The van der Waals surface area contributed by atoms with Gasteiger partial charge in [-0.1, -0.05) is 26.3 Å². The van der Waals surface area contributed by atoms with Gasteiger partial charge < -0.3 is 11.1 Å². The molecule has 0 bridgehead atoms. The Morgan fingerprint density at radius 1 is 1.47 bits per heavy atom. The van der Waals surface area contributed by atoms with Gasteiger partial charge in [0.15, 0.2) is 0 Å². The zero-order valence-electron chi connectivity index (χ0n) is 10.0. The number of hydrogen-bond donors (Lipinski definition) is 2. The maximum atomic E-state index is 11.8. The number of carbonyl (C=O) groups is 2. The molecule has 2 amide bonds. The summed E-state index contributed by atoms with van der Waals surface area (Å²) >= 11 is 0. The van der Waals surface area contributed by atoms with Crippen LogP contribution in [0.4, 0.5) is 0 Å². The summed E-state index contributed by atoms with van der Waals surface area (Å²) in [6, 6.07) is 4.36. The van der Waals surface area contributed by atoms with E-state index in [1.54, 1.807) is 18.2 Å². The largest absolute Gasteiger partial charge is 0.368 e. The van der Waals surface area contributed by atoms with Crippen LogP contribution in [-0.4, -0.2) is 22.8 Å². The van der Waals surface area contributed by atoms with Crippen LogP contribution in [0.15, 0.2) is 24.4 Å².